The zero-order valence-corrected chi connectivity index (χ0v) is 21.1. The Bertz CT molecular complexity index is 1180. The number of aryl methyl sites for hydroxylation is 1. The van der Waals surface area contributed by atoms with Crippen molar-refractivity contribution in [3.05, 3.63) is 88.6 Å². The zero-order valence-electron chi connectivity index (χ0n) is 21.1. The second-order valence-corrected chi connectivity index (χ2v) is 8.63. The maximum atomic E-state index is 13.8. The molecule has 35 heavy (non-hydrogen) atoms. The van der Waals surface area contributed by atoms with Gasteiger partial charge in [0, 0.05) is 25.6 Å². The van der Waals surface area contributed by atoms with Crippen molar-refractivity contribution in [1.82, 2.24) is 15.1 Å². The van der Waals surface area contributed by atoms with Crippen LogP contribution < -0.4 is 10.2 Å². The molecule has 5 nitrogen and oxygen atoms in total. The molecule has 4 rings (SSSR count). The number of hydrogen-bond donors (Lipinski definition) is 1. The van der Waals surface area contributed by atoms with Crippen molar-refractivity contribution in [1.29, 1.82) is 0 Å². The molecule has 0 bridgehead atoms. The third-order valence-electron chi connectivity index (χ3n) is 5.99. The van der Waals surface area contributed by atoms with Gasteiger partial charge in [-0.05, 0) is 37.1 Å². The number of alkyl halides is 2. The minimum atomic E-state index is -2.91. The van der Waals surface area contributed by atoms with Crippen LogP contribution in [0.2, 0.25) is 0 Å². The second kappa shape index (κ2) is 10.8. The van der Waals surface area contributed by atoms with Crippen LogP contribution in [0.1, 0.15) is 72.0 Å². The van der Waals surface area contributed by atoms with Gasteiger partial charge in [0.25, 0.3) is 11.8 Å². The summed E-state index contributed by atoms with van der Waals surface area (Å²) in [5, 5.41) is 7.62. The molecule has 2 aromatic carbocycles. The summed E-state index contributed by atoms with van der Waals surface area (Å²) in [4.78, 5) is 15.4. The van der Waals surface area contributed by atoms with E-state index >= 15 is 0 Å². The second-order valence-electron chi connectivity index (χ2n) is 8.63. The highest BCUT2D eigenvalue weighted by Crippen LogP contribution is 2.33. The first-order valence-corrected chi connectivity index (χ1v) is 12.0. The molecule has 0 fully saturated rings. The van der Waals surface area contributed by atoms with E-state index in [1.807, 2.05) is 62.9 Å². The number of amides is 1. The maximum absolute atomic E-state index is 13.8. The van der Waals surface area contributed by atoms with E-state index in [-0.39, 0.29) is 17.5 Å². The molecule has 1 N–H and O–H groups in total. The van der Waals surface area contributed by atoms with E-state index in [4.69, 9.17) is 0 Å². The van der Waals surface area contributed by atoms with Gasteiger partial charge < -0.3 is 10.2 Å². The predicted octanol–water partition coefficient (Wildman–Crippen LogP) is 6.48. The Morgan fingerprint density at radius 3 is 2.51 bits per heavy atom. The molecule has 1 aliphatic heterocycles. The first kappa shape index (κ1) is 26.1. The van der Waals surface area contributed by atoms with Gasteiger partial charge in [-0.25, -0.2) is 13.5 Å². The summed E-state index contributed by atoms with van der Waals surface area (Å²) in [6, 6.07) is 14.3. The lowest BCUT2D eigenvalue weighted by molar-refractivity contribution is 0.0174. The van der Waals surface area contributed by atoms with Gasteiger partial charge in [0.05, 0.1) is 18.3 Å². The normalized spacial score (nSPS) is 13.5. The van der Waals surface area contributed by atoms with E-state index in [0.29, 0.717) is 36.7 Å². The van der Waals surface area contributed by atoms with Crippen molar-refractivity contribution in [2.24, 2.45) is 0 Å². The van der Waals surface area contributed by atoms with Crippen molar-refractivity contribution in [3.8, 4) is 0 Å². The fourth-order valence-electron chi connectivity index (χ4n) is 4.15. The molecular weight excluding hydrogens is 446 g/mol. The van der Waals surface area contributed by atoms with Crippen LogP contribution in [0.15, 0.2) is 55.1 Å². The molecule has 2 heterocycles. The summed E-state index contributed by atoms with van der Waals surface area (Å²) < 4.78 is 29.4. The fourth-order valence-corrected chi connectivity index (χ4v) is 4.15. The molecule has 7 heteroatoms. The average molecular weight is 481 g/mol. The lowest BCUT2D eigenvalue weighted by atomic mass is 10.1. The minimum Gasteiger partial charge on any atom is -0.350 e. The molecule has 0 spiro atoms. The standard InChI is InChI=1S/C26H28F2N4O.C2H6/c1-5-22-23(24(33)29-18(3)20-11-9-17(2)10-12-20)25-31(13-14-32(25)30-22)16-19-7-6-8-21(15-19)26(4,27)28;1-2/h5-12,15,18H,1,13-14,16H2,2-4H3,(H,29,33);1-2H3. The van der Waals surface area contributed by atoms with Crippen LogP contribution in [0.3, 0.4) is 0 Å². The van der Waals surface area contributed by atoms with E-state index in [1.54, 1.807) is 16.8 Å². The Morgan fingerprint density at radius 2 is 1.89 bits per heavy atom. The third-order valence-corrected chi connectivity index (χ3v) is 5.99. The van der Waals surface area contributed by atoms with Gasteiger partial charge in [0.15, 0.2) is 0 Å². The lowest BCUT2D eigenvalue weighted by Crippen LogP contribution is -2.29. The van der Waals surface area contributed by atoms with Crippen LogP contribution in [0, 0.1) is 6.92 Å². The van der Waals surface area contributed by atoms with Gasteiger partial charge in [0.2, 0.25) is 0 Å². The number of benzene rings is 2. The topological polar surface area (TPSA) is 50.2 Å². The number of hydrogen-bond acceptors (Lipinski definition) is 3. The number of nitrogens with zero attached hydrogens (tertiary/aromatic N) is 3. The number of carbonyl (C=O) groups is 1. The Kier molecular flexibility index (Phi) is 8.10. The molecule has 1 unspecified atom stereocenters. The molecule has 0 radical (unpaired) electrons. The number of carbonyl (C=O) groups excluding carboxylic acids is 1. The number of fused-ring (bicyclic) bond motifs is 1. The molecule has 1 aromatic heterocycles. The molecule has 1 aliphatic rings. The number of halogens is 2. The van der Waals surface area contributed by atoms with Gasteiger partial charge >= 0.3 is 0 Å². The Morgan fingerprint density at radius 1 is 1.20 bits per heavy atom. The minimum absolute atomic E-state index is 0.0237. The summed E-state index contributed by atoms with van der Waals surface area (Å²) in [6.45, 7) is 14.3. The number of aromatic nitrogens is 2. The number of rotatable bonds is 7. The van der Waals surface area contributed by atoms with E-state index in [2.05, 4.69) is 17.0 Å². The van der Waals surface area contributed by atoms with E-state index in [9.17, 15) is 13.6 Å². The molecule has 186 valence electrons. The zero-order chi connectivity index (χ0) is 25.8. The van der Waals surface area contributed by atoms with Crippen molar-refractivity contribution >= 4 is 17.8 Å². The fraction of sp³-hybridized carbons (Fsp3) is 0.357. The van der Waals surface area contributed by atoms with E-state index < -0.39 is 5.92 Å². The number of anilines is 1. The molecule has 1 atom stereocenters. The predicted molar refractivity (Wildman–Crippen MR) is 138 cm³/mol. The summed E-state index contributed by atoms with van der Waals surface area (Å²) in [7, 11) is 0. The summed E-state index contributed by atoms with van der Waals surface area (Å²) in [5.74, 6) is -2.46. The van der Waals surface area contributed by atoms with Gasteiger partial charge in [0.1, 0.15) is 11.4 Å². The lowest BCUT2D eigenvalue weighted by Gasteiger charge is -2.21. The Balaban J connectivity index is 0.00000167. The average Bonchev–Trinajstić information content (AvgIpc) is 3.39. The number of nitrogens with one attached hydrogen (secondary N) is 1. The monoisotopic (exact) mass is 480 g/mol. The highest BCUT2D eigenvalue weighted by Gasteiger charge is 2.32. The maximum Gasteiger partial charge on any atom is 0.270 e. The van der Waals surface area contributed by atoms with E-state index in [1.165, 1.54) is 12.1 Å². The SMILES string of the molecule is C=Cc1nn2c(c1C(=O)NC(C)c1ccc(C)cc1)N(Cc1cccc(C(C)(F)F)c1)CC2.CC. The molecule has 0 saturated carbocycles. The quantitative estimate of drug-likeness (QED) is 0.421. The van der Waals surface area contributed by atoms with Gasteiger partial charge in [-0.2, -0.15) is 5.10 Å². The summed E-state index contributed by atoms with van der Waals surface area (Å²) in [6.07, 6.45) is 1.58. The molecular formula is C28H34F2N4O. The molecule has 1 amide bonds. The molecule has 0 aliphatic carbocycles. The van der Waals surface area contributed by atoms with Crippen LogP contribution in [0.4, 0.5) is 14.6 Å². The van der Waals surface area contributed by atoms with Crippen LogP contribution in [-0.2, 0) is 19.0 Å². The Hall–Kier alpha value is -3.48. The summed E-state index contributed by atoms with van der Waals surface area (Å²) in [5.41, 5.74) is 3.86. The van der Waals surface area contributed by atoms with Crippen LogP contribution in [0.25, 0.3) is 6.08 Å². The third kappa shape index (κ3) is 5.78. The highest BCUT2D eigenvalue weighted by molar-refractivity contribution is 6.02. The Labute approximate surface area is 206 Å². The van der Waals surface area contributed by atoms with Crippen LogP contribution >= 0.6 is 0 Å². The van der Waals surface area contributed by atoms with Crippen molar-refractivity contribution < 1.29 is 13.6 Å². The van der Waals surface area contributed by atoms with Gasteiger partial charge in [-0.3, -0.25) is 4.79 Å². The largest absolute Gasteiger partial charge is 0.350 e. The van der Waals surface area contributed by atoms with Crippen LogP contribution in [-0.4, -0.2) is 22.2 Å². The van der Waals surface area contributed by atoms with Crippen LogP contribution in [0.5, 0.6) is 0 Å². The van der Waals surface area contributed by atoms with Gasteiger partial charge in [-0.15, -0.1) is 0 Å². The molecule has 0 saturated heterocycles. The van der Waals surface area contributed by atoms with Crippen molar-refractivity contribution in [2.75, 3.05) is 11.4 Å². The first-order chi connectivity index (χ1) is 16.7. The van der Waals surface area contributed by atoms with Gasteiger partial charge in [-0.1, -0.05) is 68.5 Å². The van der Waals surface area contributed by atoms with Crippen molar-refractivity contribution in [3.63, 3.8) is 0 Å². The first-order valence-electron chi connectivity index (χ1n) is 12.0. The molecule has 3 aromatic rings. The summed E-state index contributed by atoms with van der Waals surface area (Å²) >= 11 is 0. The van der Waals surface area contributed by atoms with Crippen molar-refractivity contribution in [2.45, 2.75) is 59.7 Å². The smallest absolute Gasteiger partial charge is 0.270 e. The van der Waals surface area contributed by atoms with E-state index in [0.717, 1.165) is 23.6 Å². The highest BCUT2D eigenvalue weighted by atomic mass is 19.3.